The lowest BCUT2D eigenvalue weighted by Crippen LogP contribution is -2.42. The SMILES string of the molecule is CC(C)CS(=O)(=O)N1C=NN(c2ccc(CN)cc2)CC1. The molecule has 6 nitrogen and oxygen atoms in total. The summed E-state index contributed by atoms with van der Waals surface area (Å²) >= 11 is 0. The van der Waals surface area contributed by atoms with E-state index in [0.717, 1.165) is 11.3 Å². The summed E-state index contributed by atoms with van der Waals surface area (Å²) in [5.41, 5.74) is 7.56. The van der Waals surface area contributed by atoms with Crippen molar-refractivity contribution in [3.8, 4) is 0 Å². The van der Waals surface area contributed by atoms with Gasteiger partial charge in [0, 0.05) is 6.54 Å². The van der Waals surface area contributed by atoms with Gasteiger partial charge in [-0.05, 0) is 23.6 Å². The number of sulfonamides is 1. The molecule has 0 unspecified atom stereocenters. The first-order valence-electron chi connectivity index (χ1n) is 7.02. The number of benzene rings is 1. The molecule has 1 aromatic rings. The third-order valence-corrected chi connectivity index (χ3v) is 5.30. The number of nitrogens with zero attached hydrogens (tertiary/aromatic N) is 3. The van der Waals surface area contributed by atoms with Crippen molar-refractivity contribution in [1.29, 1.82) is 0 Å². The van der Waals surface area contributed by atoms with Crippen LogP contribution in [0.1, 0.15) is 19.4 Å². The number of nitrogens with two attached hydrogens (primary N) is 1. The molecule has 0 fully saturated rings. The molecule has 0 saturated heterocycles. The summed E-state index contributed by atoms with van der Waals surface area (Å²) in [7, 11) is -3.26. The summed E-state index contributed by atoms with van der Waals surface area (Å²) in [4.78, 5) is 0. The third-order valence-electron chi connectivity index (χ3n) is 3.22. The second kappa shape index (κ2) is 6.44. The molecule has 0 bridgehead atoms. The number of hydrogen-bond donors (Lipinski definition) is 1. The van der Waals surface area contributed by atoms with Gasteiger partial charge < -0.3 is 5.73 Å². The van der Waals surface area contributed by atoms with Crippen molar-refractivity contribution >= 4 is 22.0 Å². The van der Waals surface area contributed by atoms with Crippen LogP contribution in [0.15, 0.2) is 29.4 Å². The van der Waals surface area contributed by atoms with Gasteiger partial charge in [-0.2, -0.15) is 5.10 Å². The predicted octanol–water partition coefficient (Wildman–Crippen LogP) is 1.20. The number of hydrogen-bond acceptors (Lipinski definition) is 5. The second-order valence-electron chi connectivity index (χ2n) is 5.51. The van der Waals surface area contributed by atoms with Crippen molar-refractivity contribution < 1.29 is 8.42 Å². The van der Waals surface area contributed by atoms with Gasteiger partial charge in [0.15, 0.2) is 0 Å². The van der Waals surface area contributed by atoms with E-state index in [-0.39, 0.29) is 11.7 Å². The van der Waals surface area contributed by atoms with Crippen LogP contribution in [0.25, 0.3) is 0 Å². The Morgan fingerprint density at radius 3 is 2.38 bits per heavy atom. The fourth-order valence-electron chi connectivity index (χ4n) is 2.16. The van der Waals surface area contributed by atoms with Gasteiger partial charge in [-0.3, -0.25) is 9.31 Å². The van der Waals surface area contributed by atoms with Crippen LogP contribution < -0.4 is 10.7 Å². The minimum absolute atomic E-state index is 0.102. The van der Waals surface area contributed by atoms with Crippen molar-refractivity contribution in [2.45, 2.75) is 20.4 Å². The minimum Gasteiger partial charge on any atom is -0.326 e. The smallest absolute Gasteiger partial charge is 0.236 e. The van der Waals surface area contributed by atoms with Crippen molar-refractivity contribution in [3.63, 3.8) is 0 Å². The van der Waals surface area contributed by atoms with Crippen LogP contribution in [0.3, 0.4) is 0 Å². The molecular formula is C14H22N4O2S. The van der Waals surface area contributed by atoms with E-state index in [1.165, 1.54) is 10.6 Å². The number of rotatable bonds is 5. The Labute approximate surface area is 126 Å². The molecule has 116 valence electrons. The average Bonchev–Trinajstić information content (AvgIpc) is 2.46. The summed E-state index contributed by atoms with van der Waals surface area (Å²) in [6.07, 6.45) is 1.40. The molecule has 0 atom stereocenters. The molecule has 7 heteroatoms. The Bertz CT molecular complexity index is 596. The molecule has 1 aliphatic rings. The Balaban J connectivity index is 2.07. The highest BCUT2D eigenvalue weighted by Crippen LogP contribution is 2.18. The zero-order valence-electron chi connectivity index (χ0n) is 12.4. The molecule has 1 aromatic carbocycles. The van der Waals surface area contributed by atoms with Gasteiger partial charge in [0.25, 0.3) is 0 Å². The topological polar surface area (TPSA) is 79.0 Å². The zero-order valence-corrected chi connectivity index (χ0v) is 13.3. The van der Waals surface area contributed by atoms with Gasteiger partial charge >= 0.3 is 0 Å². The molecule has 0 aliphatic carbocycles. The van der Waals surface area contributed by atoms with E-state index in [4.69, 9.17) is 5.73 Å². The van der Waals surface area contributed by atoms with E-state index >= 15 is 0 Å². The number of anilines is 1. The van der Waals surface area contributed by atoms with Gasteiger partial charge in [0.05, 0.1) is 24.5 Å². The highest BCUT2D eigenvalue weighted by atomic mass is 32.2. The van der Waals surface area contributed by atoms with Crippen LogP contribution in [-0.2, 0) is 16.6 Å². The minimum atomic E-state index is -3.26. The summed E-state index contributed by atoms with van der Waals surface area (Å²) in [5.74, 6) is 0.245. The van der Waals surface area contributed by atoms with Crippen molar-refractivity contribution in [2.75, 3.05) is 23.9 Å². The van der Waals surface area contributed by atoms with Crippen LogP contribution >= 0.6 is 0 Å². The van der Waals surface area contributed by atoms with Crippen molar-refractivity contribution in [3.05, 3.63) is 29.8 Å². The predicted molar refractivity (Wildman–Crippen MR) is 85.5 cm³/mol. The van der Waals surface area contributed by atoms with E-state index in [1.54, 1.807) is 5.01 Å². The third kappa shape index (κ3) is 3.95. The van der Waals surface area contributed by atoms with E-state index in [9.17, 15) is 8.42 Å². The zero-order chi connectivity index (χ0) is 15.5. The first-order chi connectivity index (χ1) is 9.92. The molecule has 0 aromatic heterocycles. The molecule has 0 amide bonds. The van der Waals surface area contributed by atoms with E-state index in [1.807, 2.05) is 38.1 Å². The maximum Gasteiger partial charge on any atom is 0.236 e. The van der Waals surface area contributed by atoms with E-state index in [0.29, 0.717) is 19.6 Å². The Kier molecular flexibility index (Phi) is 4.84. The van der Waals surface area contributed by atoms with Crippen molar-refractivity contribution in [2.24, 2.45) is 16.8 Å². The molecule has 2 rings (SSSR count). The average molecular weight is 310 g/mol. The lowest BCUT2D eigenvalue weighted by atomic mass is 10.2. The lowest BCUT2D eigenvalue weighted by Gasteiger charge is -2.29. The fourth-order valence-corrected chi connectivity index (χ4v) is 3.74. The number of hydrazone groups is 1. The fraction of sp³-hybridized carbons (Fsp3) is 0.500. The highest BCUT2D eigenvalue weighted by molar-refractivity contribution is 7.89. The van der Waals surface area contributed by atoms with Crippen LogP contribution in [0, 0.1) is 5.92 Å². The van der Waals surface area contributed by atoms with E-state index in [2.05, 4.69) is 5.10 Å². The Hall–Kier alpha value is -1.60. The summed E-state index contributed by atoms with van der Waals surface area (Å²) < 4.78 is 25.6. The standard InChI is InChI=1S/C14H22N4O2S/c1-12(2)10-21(19,20)17-7-8-18(16-11-17)14-5-3-13(9-15)4-6-14/h3-6,11-12H,7-10,15H2,1-2H3. The lowest BCUT2D eigenvalue weighted by molar-refractivity contribution is 0.505. The molecular weight excluding hydrogens is 288 g/mol. The van der Waals surface area contributed by atoms with Crippen molar-refractivity contribution in [1.82, 2.24) is 4.31 Å². The summed E-state index contributed by atoms with van der Waals surface area (Å²) in [6.45, 7) is 5.24. The molecule has 0 saturated carbocycles. The quantitative estimate of drug-likeness (QED) is 0.886. The monoisotopic (exact) mass is 310 g/mol. The molecule has 21 heavy (non-hydrogen) atoms. The summed E-state index contributed by atoms with van der Waals surface area (Å²) in [6, 6.07) is 7.79. The largest absolute Gasteiger partial charge is 0.326 e. The van der Waals surface area contributed by atoms with E-state index < -0.39 is 10.0 Å². The summed E-state index contributed by atoms with van der Waals surface area (Å²) in [5, 5.41) is 6.03. The molecule has 1 aliphatic heterocycles. The van der Waals surface area contributed by atoms with Crippen LogP contribution in [0.4, 0.5) is 5.69 Å². The van der Waals surface area contributed by atoms with Gasteiger partial charge in [0.2, 0.25) is 10.0 Å². The molecule has 1 heterocycles. The van der Waals surface area contributed by atoms with Crippen LogP contribution in [-0.4, -0.2) is 37.9 Å². The normalized spacial score (nSPS) is 15.8. The first kappa shape index (κ1) is 15.8. The van der Waals surface area contributed by atoms with Gasteiger partial charge in [-0.15, -0.1) is 0 Å². The molecule has 2 N–H and O–H groups in total. The van der Waals surface area contributed by atoms with Gasteiger partial charge in [-0.1, -0.05) is 26.0 Å². The maximum atomic E-state index is 12.1. The van der Waals surface area contributed by atoms with Crippen LogP contribution in [0.5, 0.6) is 0 Å². The maximum absolute atomic E-state index is 12.1. The highest BCUT2D eigenvalue weighted by Gasteiger charge is 2.24. The Morgan fingerprint density at radius 2 is 1.90 bits per heavy atom. The van der Waals surface area contributed by atoms with Crippen LogP contribution in [0.2, 0.25) is 0 Å². The Morgan fingerprint density at radius 1 is 1.24 bits per heavy atom. The first-order valence-corrected chi connectivity index (χ1v) is 8.63. The second-order valence-corrected chi connectivity index (χ2v) is 7.47. The van der Waals surface area contributed by atoms with Gasteiger partial charge in [-0.25, -0.2) is 8.42 Å². The molecule has 0 radical (unpaired) electrons. The van der Waals surface area contributed by atoms with Gasteiger partial charge in [0.1, 0.15) is 6.34 Å². The molecule has 0 spiro atoms.